The summed E-state index contributed by atoms with van der Waals surface area (Å²) in [6, 6.07) is 9.18. The molecule has 0 N–H and O–H groups in total. The summed E-state index contributed by atoms with van der Waals surface area (Å²) in [6.45, 7) is -0.630. The number of carbonyl (C=O) groups is 1. The van der Waals surface area contributed by atoms with Crippen LogP contribution in [0, 0.1) is 0 Å². The normalized spacial score (nSPS) is 17.0. The summed E-state index contributed by atoms with van der Waals surface area (Å²) in [4.78, 5) is 9.63. The van der Waals surface area contributed by atoms with Crippen LogP contribution >= 0.6 is 0 Å². The maximum Gasteiger partial charge on any atom is 0.417 e. The highest BCUT2D eigenvalue weighted by Crippen LogP contribution is 2.41. The average Bonchev–Trinajstić information content (AvgIpc) is 2.67. The lowest BCUT2D eigenvalue weighted by Gasteiger charge is -2.37. The molecule has 3 rings (SSSR count). The van der Waals surface area contributed by atoms with E-state index in [0.717, 1.165) is 22.5 Å². The Morgan fingerprint density at radius 2 is 1.82 bits per heavy atom. The zero-order valence-corrected chi connectivity index (χ0v) is 15.2. The molecule has 1 aliphatic heterocycles. The Hall–Kier alpha value is -2.59. The summed E-state index contributed by atoms with van der Waals surface area (Å²) in [5, 5.41) is 0. The highest BCUT2D eigenvalue weighted by atomic mass is 32.2. The fourth-order valence-corrected chi connectivity index (χ4v) is 4.79. The van der Waals surface area contributed by atoms with Crippen molar-refractivity contribution in [3.63, 3.8) is 0 Å². The van der Waals surface area contributed by atoms with Crippen molar-refractivity contribution < 1.29 is 35.9 Å². The van der Waals surface area contributed by atoms with Crippen LogP contribution in [0.25, 0.3) is 0 Å². The molecular formula is C18H16F3NO5S. The number of hydrogen-bond donors (Lipinski definition) is 0. The number of anilines is 1. The van der Waals surface area contributed by atoms with Crippen molar-refractivity contribution in [3.05, 3.63) is 54.1 Å². The predicted octanol–water partition coefficient (Wildman–Crippen LogP) is 2.88. The Morgan fingerprint density at radius 1 is 1.14 bits per heavy atom. The van der Waals surface area contributed by atoms with E-state index in [1.807, 2.05) is 0 Å². The standard InChI is InChI=1S/C18H16F3NO5S/c19-18(20,21)14-5-1-4-8-17(14)28(24,25)22-13(11-26-10-9-23)12-27-16-7-3-2-6-15(16)22/h1-9,13H,10-12H2. The zero-order chi connectivity index (χ0) is 20.4. The summed E-state index contributed by atoms with van der Waals surface area (Å²) in [6.07, 6.45) is -4.35. The molecule has 0 radical (unpaired) electrons. The van der Waals surface area contributed by atoms with Gasteiger partial charge < -0.3 is 14.3 Å². The highest BCUT2D eigenvalue weighted by molar-refractivity contribution is 7.93. The maximum absolute atomic E-state index is 13.4. The van der Waals surface area contributed by atoms with Crippen LogP contribution in [-0.2, 0) is 25.7 Å². The topological polar surface area (TPSA) is 72.9 Å². The van der Waals surface area contributed by atoms with Gasteiger partial charge in [0.25, 0.3) is 10.0 Å². The molecule has 1 heterocycles. The van der Waals surface area contributed by atoms with Gasteiger partial charge in [0.15, 0.2) is 0 Å². The lowest BCUT2D eigenvalue weighted by Crippen LogP contribution is -2.49. The quantitative estimate of drug-likeness (QED) is 0.536. The molecule has 1 atom stereocenters. The lowest BCUT2D eigenvalue weighted by molar-refractivity contribution is -0.139. The van der Waals surface area contributed by atoms with Crippen LogP contribution in [-0.4, -0.2) is 40.6 Å². The minimum atomic E-state index is -4.85. The van der Waals surface area contributed by atoms with E-state index in [1.54, 1.807) is 12.1 Å². The SMILES string of the molecule is O=CCOCC1COc2ccccc2N1S(=O)(=O)c1ccccc1C(F)(F)F. The number of aldehydes is 1. The van der Waals surface area contributed by atoms with Gasteiger partial charge in [-0.1, -0.05) is 24.3 Å². The number of carbonyl (C=O) groups excluding carboxylic acids is 1. The minimum absolute atomic E-state index is 0.102. The van der Waals surface area contributed by atoms with Gasteiger partial charge in [-0.2, -0.15) is 13.2 Å². The van der Waals surface area contributed by atoms with Crippen molar-refractivity contribution in [2.24, 2.45) is 0 Å². The third-order valence-corrected chi connectivity index (χ3v) is 6.02. The maximum atomic E-state index is 13.4. The van der Waals surface area contributed by atoms with Crippen LogP contribution in [0.2, 0.25) is 0 Å². The highest BCUT2D eigenvalue weighted by Gasteiger charge is 2.43. The Bertz CT molecular complexity index is 962. The summed E-state index contributed by atoms with van der Waals surface area (Å²) >= 11 is 0. The van der Waals surface area contributed by atoms with E-state index in [1.165, 1.54) is 18.2 Å². The second-order valence-corrected chi connectivity index (χ2v) is 7.71. The van der Waals surface area contributed by atoms with Gasteiger partial charge in [-0.05, 0) is 24.3 Å². The van der Waals surface area contributed by atoms with Crippen molar-refractivity contribution in [3.8, 4) is 5.75 Å². The molecule has 0 saturated carbocycles. The van der Waals surface area contributed by atoms with Crippen molar-refractivity contribution >= 4 is 22.0 Å². The monoisotopic (exact) mass is 415 g/mol. The molecule has 1 aliphatic rings. The van der Waals surface area contributed by atoms with Crippen molar-refractivity contribution in [1.82, 2.24) is 0 Å². The largest absolute Gasteiger partial charge is 0.489 e. The second-order valence-electron chi connectivity index (χ2n) is 5.93. The fourth-order valence-electron chi connectivity index (χ4n) is 2.94. The van der Waals surface area contributed by atoms with E-state index in [0.29, 0.717) is 6.29 Å². The molecule has 0 fully saturated rings. The average molecular weight is 415 g/mol. The molecule has 28 heavy (non-hydrogen) atoms. The smallest absolute Gasteiger partial charge is 0.417 e. The van der Waals surface area contributed by atoms with Gasteiger partial charge in [-0.25, -0.2) is 8.42 Å². The first-order valence-electron chi connectivity index (χ1n) is 8.20. The van der Waals surface area contributed by atoms with E-state index in [4.69, 9.17) is 9.47 Å². The molecule has 2 aromatic rings. The van der Waals surface area contributed by atoms with Gasteiger partial charge in [-0.3, -0.25) is 4.31 Å². The summed E-state index contributed by atoms with van der Waals surface area (Å²) < 4.78 is 78.4. The molecule has 0 amide bonds. The number of para-hydroxylation sites is 2. The molecule has 1 unspecified atom stereocenters. The molecule has 0 aliphatic carbocycles. The van der Waals surface area contributed by atoms with Crippen molar-refractivity contribution in [2.45, 2.75) is 17.1 Å². The lowest BCUT2D eigenvalue weighted by atomic mass is 10.2. The van der Waals surface area contributed by atoms with Gasteiger partial charge in [0.1, 0.15) is 31.3 Å². The van der Waals surface area contributed by atoms with E-state index in [9.17, 15) is 26.4 Å². The number of halogens is 3. The van der Waals surface area contributed by atoms with Gasteiger partial charge in [-0.15, -0.1) is 0 Å². The Labute approximate surface area is 159 Å². The number of ether oxygens (including phenoxy) is 2. The molecule has 6 nitrogen and oxygen atoms in total. The van der Waals surface area contributed by atoms with E-state index in [-0.39, 0.29) is 31.3 Å². The van der Waals surface area contributed by atoms with E-state index < -0.39 is 32.7 Å². The van der Waals surface area contributed by atoms with Gasteiger partial charge >= 0.3 is 6.18 Å². The van der Waals surface area contributed by atoms with Crippen molar-refractivity contribution in [2.75, 3.05) is 24.1 Å². The second kappa shape index (κ2) is 7.80. The molecule has 0 saturated heterocycles. The van der Waals surface area contributed by atoms with Crippen LogP contribution in [0.3, 0.4) is 0 Å². The summed E-state index contributed by atoms with van der Waals surface area (Å²) in [5.74, 6) is 0.224. The predicted molar refractivity (Wildman–Crippen MR) is 93.7 cm³/mol. The van der Waals surface area contributed by atoms with Crippen molar-refractivity contribution in [1.29, 1.82) is 0 Å². The molecule has 0 spiro atoms. The van der Waals surface area contributed by atoms with Crippen LogP contribution < -0.4 is 9.04 Å². The molecule has 0 aromatic heterocycles. The first-order chi connectivity index (χ1) is 13.3. The first-order valence-corrected chi connectivity index (χ1v) is 9.64. The first kappa shape index (κ1) is 20.2. The molecule has 150 valence electrons. The zero-order valence-electron chi connectivity index (χ0n) is 14.4. The van der Waals surface area contributed by atoms with Crippen LogP contribution in [0.5, 0.6) is 5.75 Å². The number of benzene rings is 2. The number of nitrogens with zero attached hydrogens (tertiary/aromatic N) is 1. The number of hydrogen-bond acceptors (Lipinski definition) is 5. The van der Waals surface area contributed by atoms with E-state index in [2.05, 4.69) is 0 Å². The molecule has 10 heteroatoms. The van der Waals surface area contributed by atoms with E-state index >= 15 is 0 Å². The van der Waals surface area contributed by atoms with Gasteiger partial charge in [0, 0.05) is 0 Å². The Morgan fingerprint density at radius 3 is 2.54 bits per heavy atom. The fraction of sp³-hybridized carbons (Fsp3) is 0.278. The minimum Gasteiger partial charge on any atom is -0.489 e. The molecule has 2 aromatic carbocycles. The molecule has 0 bridgehead atoms. The molecular weight excluding hydrogens is 399 g/mol. The number of fused-ring (bicyclic) bond motifs is 1. The van der Waals surface area contributed by atoms with Crippen LogP contribution in [0.15, 0.2) is 53.4 Å². The number of alkyl halides is 3. The third kappa shape index (κ3) is 3.83. The number of sulfonamides is 1. The van der Waals surface area contributed by atoms with Crippen LogP contribution in [0.4, 0.5) is 18.9 Å². The van der Waals surface area contributed by atoms with Gasteiger partial charge in [0.2, 0.25) is 0 Å². The third-order valence-electron chi connectivity index (χ3n) is 4.09. The summed E-state index contributed by atoms with van der Waals surface area (Å²) in [7, 11) is -4.61. The Balaban J connectivity index is 2.13. The van der Waals surface area contributed by atoms with Gasteiger partial charge in [0.05, 0.1) is 22.8 Å². The Kier molecular flexibility index (Phi) is 5.61. The summed E-state index contributed by atoms with van der Waals surface area (Å²) in [5.41, 5.74) is -1.16. The number of rotatable bonds is 6. The van der Waals surface area contributed by atoms with Crippen LogP contribution in [0.1, 0.15) is 5.56 Å².